The van der Waals surface area contributed by atoms with Gasteiger partial charge in [0.15, 0.2) is 0 Å². The van der Waals surface area contributed by atoms with Gasteiger partial charge in [-0.2, -0.15) is 11.8 Å². The number of carbonyl (C=O) groups excluding carboxylic acids is 2. The third kappa shape index (κ3) is 5.38. The van der Waals surface area contributed by atoms with Gasteiger partial charge < -0.3 is 15.1 Å². The molecule has 138 valence electrons. The van der Waals surface area contributed by atoms with E-state index in [1.165, 1.54) is 11.8 Å². The zero-order chi connectivity index (χ0) is 18.4. The number of anilines is 1. The average Bonchev–Trinajstić information content (AvgIpc) is 3.11. The van der Waals surface area contributed by atoms with Crippen molar-refractivity contribution in [3.05, 3.63) is 52.4 Å². The van der Waals surface area contributed by atoms with Crippen LogP contribution < -0.4 is 10.6 Å². The molecule has 1 atom stereocenters. The van der Waals surface area contributed by atoms with Crippen molar-refractivity contribution in [2.75, 3.05) is 16.8 Å². The topological polar surface area (TPSA) is 71.3 Å². The number of aryl methyl sites for hydroxylation is 1. The lowest BCUT2D eigenvalue weighted by atomic mass is 9.93. The van der Waals surface area contributed by atoms with Gasteiger partial charge in [-0.15, -0.1) is 0 Å². The minimum atomic E-state index is -0.0620. The van der Waals surface area contributed by atoms with E-state index in [-0.39, 0.29) is 17.9 Å². The van der Waals surface area contributed by atoms with Crippen LogP contribution in [0.3, 0.4) is 0 Å². The summed E-state index contributed by atoms with van der Waals surface area (Å²) in [6.07, 6.45) is 5.00. The van der Waals surface area contributed by atoms with Gasteiger partial charge in [0, 0.05) is 34.3 Å². The van der Waals surface area contributed by atoms with E-state index < -0.39 is 0 Å². The molecule has 1 aliphatic rings. The molecule has 2 amide bonds. The summed E-state index contributed by atoms with van der Waals surface area (Å²) in [5.74, 6) is 1.89. The van der Waals surface area contributed by atoms with Crippen molar-refractivity contribution >= 4 is 45.2 Å². The Labute approximate surface area is 165 Å². The number of thioether (sulfide) groups is 1. The van der Waals surface area contributed by atoms with E-state index >= 15 is 0 Å². The van der Waals surface area contributed by atoms with Crippen LogP contribution in [0.5, 0.6) is 0 Å². The first-order valence-corrected chi connectivity index (χ1v) is 10.6. The first kappa shape index (κ1) is 19.0. The molecule has 0 saturated carbocycles. The van der Waals surface area contributed by atoms with Crippen molar-refractivity contribution in [2.45, 2.75) is 31.7 Å². The second-order valence-corrected chi connectivity index (χ2v) is 8.19. The van der Waals surface area contributed by atoms with Crippen molar-refractivity contribution in [1.29, 1.82) is 0 Å². The molecule has 1 aliphatic carbocycles. The van der Waals surface area contributed by atoms with Gasteiger partial charge in [-0.05, 0) is 43.2 Å². The highest BCUT2D eigenvalue weighted by Crippen LogP contribution is 2.30. The van der Waals surface area contributed by atoms with Gasteiger partial charge in [0.1, 0.15) is 5.76 Å². The lowest BCUT2D eigenvalue weighted by Gasteiger charge is -2.22. The van der Waals surface area contributed by atoms with Gasteiger partial charge in [-0.3, -0.25) is 9.59 Å². The lowest BCUT2D eigenvalue weighted by molar-refractivity contribution is -0.121. The smallest absolute Gasteiger partial charge is 0.234 e. The van der Waals surface area contributed by atoms with Crippen LogP contribution in [0.25, 0.3) is 0 Å². The summed E-state index contributed by atoms with van der Waals surface area (Å²) in [5, 5.41) is 5.92. The molecule has 0 saturated heterocycles. The van der Waals surface area contributed by atoms with Gasteiger partial charge >= 0.3 is 0 Å². The van der Waals surface area contributed by atoms with E-state index in [1.54, 1.807) is 6.26 Å². The summed E-state index contributed by atoms with van der Waals surface area (Å²) in [4.78, 5) is 24.1. The number of rotatable bonds is 7. The number of hydrogen-bond acceptors (Lipinski definition) is 4. The van der Waals surface area contributed by atoms with Crippen molar-refractivity contribution < 1.29 is 14.0 Å². The predicted molar refractivity (Wildman–Crippen MR) is 107 cm³/mol. The standard InChI is InChI=1S/C19H21BrN2O3S/c20-13-4-6-14(7-5-13)21-19(24)12-26-11-9-18(23)22-16-2-1-3-17-15(16)8-10-25-17/h4-8,10,16H,1-3,9,11-12H2,(H,21,24)(H,22,23). The monoisotopic (exact) mass is 436 g/mol. The number of halogens is 1. The Kier molecular flexibility index (Phi) is 6.80. The van der Waals surface area contributed by atoms with Crippen LogP contribution in [0.2, 0.25) is 0 Å². The molecule has 3 rings (SSSR count). The van der Waals surface area contributed by atoms with Crippen molar-refractivity contribution in [1.82, 2.24) is 5.32 Å². The fraction of sp³-hybridized carbons (Fsp3) is 0.368. The molecular weight excluding hydrogens is 416 g/mol. The van der Waals surface area contributed by atoms with E-state index in [0.29, 0.717) is 17.9 Å². The fourth-order valence-electron chi connectivity index (χ4n) is 2.96. The predicted octanol–water partition coefficient (Wildman–Crippen LogP) is 4.30. The molecule has 1 heterocycles. The van der Waals surface area contributed by atoms with E-state index in [4.69, 9.17) is 4.42 Å². The minimum absolute atomic E-state index is 0.0184. The molecule has 26 heavy (non-hydrogen) atoms. The Bertz CT molecular complexity index is 760. The van der Waals surface area contributed by atoms with Crippen LogP contribution in [0.4, 0.5) is 5.69 Å². The second kappa shape index (κ2) is 9.28. The number of amides is 2. The SMILES string of the molecule is O=C(CSCCC(=O)NC1CCCc2occc21)Nc1ccc(Br)cc1. The van der Waals surface area contributed by atoms with E-state index in [9.17, 15) is 9.59 Å². The summed E-state index contributed by atoms with van der Waals surface area (Å²) < 4.78 is 6.41. The van der Waals surface area contributed by atoms with Crippen molar-refractivity contribution in [2.24, 2.45) is 0 Å². The van der Waals surface area contributed by atoms with Crippen molar-refractivity contribution in [3.63, 3.8) is 0 Å². The Morgan fingerprint density at radius 3 is 2.81 bits per heavy atom. The molecule has 0 bridgehead atoms. The normalized spacial score (nSPS) is 16.0. The zero-order valence-corrected chi connectivity index (χ0v) is 16.7. The Morgan fingerprint density at radius 1 is 1.19 bits per heavy atom. The van der Waals surface area contributed by atoms with Crippen LogP contribution in [0.1, 0.15) is 36.6 Å². The summed E-state index contributed by atoms with van der Waals surface area (Å²) in [6, 6.07) is 9.44. The average molecular weight is 437 g/mol. The van der Waals surface area contributed by atoms with E-state index in [0.717, 1.165) is 40.7 Å². The maximum atomic E-state index is 12.2. The largest absolute Gasteiger partial charge is 0.469 e. The van der Waals surface area contributed by atoms with Crippen LogP contribution in [0, 0.1) is 0 Å². The van der Waals surface area contributed by atoms with Gasteiger partial charge in [0.05, 0.1) is 18.1 Å². The number of carbonyl (C=O) groups is 2. The molecule has 2 aromatic rings. The van der Waals surface area contributed by atoms with Gasteiger partial charge in [-0.1, -0.05) is 15.9 Å². The fourth-order valence-corrected chi connectivity index (χ4v) is 3.96. The molecule has 0 spiro atoms. The lowest BCUT2D eigenvalue weighted by Crippen LogP contribution is -2.30. The van der Waals surface area contributed by atoms with E-state index in [2.05, 4.69) is 26.6 Å². The molecule has 1 aromatic carbocycles. The third-order valence-corrected chi connectivity index (χ3v) is 5.71. The highest BCUT2D eigenvalue weighted by molar-refractivity contribution is 9.10. The molecule has 5 nitrogen and oxygen atoms in total. The maximum Gasteiger partial charge on any atom is 0.234 e. The number of hydrogen-bond donors (Lipinski definition) is 2. The van der Waals surface area contributed by atoms with E-state index in [1.807, 2.05) is 30.3 Å². The van der Waals surface area contributed by atoms with Gasteiger partial charge in [0.2, 0.25) is 11.8 Å². The molecular formula is C19H21BrN2O3S. The quantitative estimate of drug-likeness (QED) is 0.634. The first-order valence-electron chi connectivity index (χ1n) is 8.60. The zero-order valence-electron chi connectivity index (χ0n) is 14.3. The molecule has 1 aromatic heterocycles. The van der Waals surface area contributed by atoms with Gasteiger partial charge in [-0.25, -0.2) is 0 Å². The highest BCUT2D eigenvalue weighted by Gasteiger charge is 2.23. The maximum absolute atomic E-state index is 12.2. The van der Waals surface area contributed by atoms with Crippen LogP contribution in [-0.2, 0) is 16.0 Å². The summed E-state index contributed by atoms with van der Waals surface area (Å²) >= 11 is 4.82. The number of fused-ring (bicyclic) bond motifs is 1. The highest BCUT2D eigenvalue weighted by atomic mass is 79.9. The Balaban J connectivity index is 1.34. The van der Waals surface area contributed by atoms with Crippen LogP contribution >= 0.6 is 27.7 Å². The number of furan rings is 1. The number of nitrogens with one attached hydrogen (secondary N) is 2. The Morgan fingerprint density at radius 2 is 2.00 bits per heavy atom. The Hall–Kier alpha value is -1.73. The molecule has 0 aliphatic heterocycles. The summed E-state index contributed by atoms with van der Waals surface area (Å²) in [5.41, 5.74) is 1.87. The first-order chi connectivity index (χ1) is 12.6. The molecule has 2 N–H and O–H groups in total. The van der Waals surface area contributed by atoms with Gasteiger partial charge in [0.25, 0.3) is 0 Å². The molecule has 0 fully saturated rings. The number of benzene rings is 1. The van der Waals surface area contributed by atoms with Crippen LogP contribution in [0.15, 0.2) is 45.5 Å². The summed E-state index contributed by atoms with van der Waals surface area (Å²) in [7, 11) is 0. The molecule has 1 unspecified atom stereocenters. The third-order valence-electron chi connectivity index (χ3n) is 4.22. The van der Waals surface area contributed by atoms with Crippen LogP contribution in [-0.4, -0.2) is 23.3 Å². The summed E-state index contributed by atoms with van der Waals surface area (Å²) in [6.45, 7) is 0. The van der Waals surface area contributed by atoms with Crippen molar-refractivity contribution in [3.8, 4) is 0 Å². The molecule has 7 heteroatoms. The molecule has 0 radical (unpaired) electrons. The minimum Gasteiger partial charge on any atom is -0.469 e. The second-order valence-electron chi connectivity index (χ2n) is 6.17.